The summed E-state index contributed by atoms with van der Waals surface area (Å²) in [6, 6.07) is 1.02. The molecule has 1 fully saturated rings. The quantitative estimate of drug-likeness (QED) is 0.649. The monoisotopic (exact) mass is 228 g/mol. The van der Waals surface area contributed by atoms with Gasteiger partial charge in [0.2, 0.25) is 0 Å². The summed E-state index contributed by atoms with van der Waals surface area (Å²) in [5.74, 6) is 0. The molecule has 1 rings (SSSR count). The van der Waals surface area contributed by atoms with Crippen molar-refractivity contribution in [3.63, 3.8) is 0 Å². The Kier molecular flexibility index (Phi) is 7.81. The van der Waals surface area contributed by atoms with Gasteiger partial charge in [-0.15, -0.1) is 0 Å². The van der Waals surface area contributed by atoms with E-state index in [0.717, 1.165) is 32.5 Å². The maximum atomic E-state index is 10.4. The lowest BCUT2D eigenvalue weighted by Gasteiger charge is -2.31. The molecule has 1 aliphatic rings. The highest BCUT2D eigenvalue weighted by Crippen LogP contribution is 2.12. The van der Waals surface area contributed by atoms with Gasteiger partial charge >= 0.3 is 0 Å². The Morgan fingerprint density at radius 1 is 1.06 bits per heavy atom. The zero-order chi connectivity index (χ0) is 11.6. The van der Waals surface area contributed by atoms with Crippen molar-refractivity contribution < 1.29 is 9.84 Å². The highest BCUT2D eigenvalue weighted by molar-refractivity contribution is 4.78. The third-order valence-electron chi connectivity index (χ3n) is 3.21. The molecule has 16 heavy (non-hydrogen) atoms. The molecule has 3 nitrogen and oxygen atoms in total. The van der Waals surface area contributed by atoms with Crippen molar-refractivity contribution in [2.45, 2.75) is 64.0 Å². The Balaban J connectivity index is 2.09. The molecule has 1 aliphatic heterocycles. The van der Waals surface area contributed by atoms with Gasteiger partial charge in [-0.05, 0) is 25.7 Å². The Labute approximate surface area is 99.6 Å². The fourth-order valence-corrected chi connectivity index (χ4v) is 2.25. The summed E-state index contributed by atoms with van der Waals surface area (Å²) in [7, 11) is 0. The van der Waals surface area contributed by atoms with Crippen LogP contribution in [0, 0.1) is 0 Å². The number of morpholine rings is 1. The number of rotatable bonds is 8. The standard InChI is InChI=1S/C13H26NO2/c1-2-3-4-7-12-10-16-11-13(14-12)8-5-6-9-15/h12-14H,2-11H2,1H3. The first-order chi connectivity index (χ1) is 7.86. The van der Waals surface area contributed by atoms with E-state index in [1.165, 1.54) is 25.7 Å². The van der Waals surface area contributed by atoms with E-state index >= 15 is 0 Å². The van der Waals surface area contributed by atoms with Crippen LogP contribution < -0.4 is 5.32 Å². The lowest BCUT2D eigenvalue weighted by molar-refractivity contribution is 0.0385. The maximum absolute atomic E-state index is 10.4. The van der Waals surface area contributed by atoms with E-state index in [-0.39, 0.29) is 6.61 Å². The summed E-state index contributed by atoms with van der Waals surface area (Å²) in [5, 5.41) is 14.0. The van der Waals surface area contributed by atoms with Crippen LogP contribution in [0.3, 0.4) is 0 Å². The molecule has 0 bridgehead atoms. The lowest BCUT2D eigenvalue weighted by Crippen LogP contribution is -2.48. The van der Waals surface area contributed by atoms with Crippen molar-refractivity contribution in [1.29, 1.82) is 0 Å². The van der Waals surface area contributed by atoms with Gasteiger partial charge in [0.25, 0.3) is 0 Å². The van der Waals surface area contributed by atoms with Crippen LogP contribution in [0.25, 0.3) is 0 Å². The van der Waals surface area contributed by atoms with Crippen LogP contribution >= 0.6 is 0 Å². The third-order valence-corrected chi connectivity index (χ3v) is 3.21. The van der Waals surface area contributed by atoms with Gasteiger partial charge in [-0.25, -0.2) is 5.11 Å². The van der Waals surface area contributed by atoms with Crippen LogP contribution in [0.4, 0.5) is 0 Å². The van der Waals surface area contributed by atoms with Crippen LogP contribution in [-0.4, -0.2) is 31.9 Å². The number of nitrogens with one attached hydrogen (secondary N) is 1. The molecule has 0 amide bonds. The topological polar surface area (TPSA) is 41.2 Å². The predicted molar refractivity (Wildman–Crippen MR) is 65.1 cm³/mol. The molecule has 1 saturated heterocycles. The average molecular weight is 228 g/mol. The highest BCUT2D eigenvalue weighted by Gasteiger charge is 2.20. The van der Waals surface area contributed by atoms with Gasteiger partial charge in [0.05, 0.1) is 19.8 Å². The second-order valence-electron chi connectivity index (χ2n) is 4.79. The third kappa shape index (κ3) is 5.83. The molecule has 1 heterocycles. The second-order valence-corrected chi connectivity index (χ2v) is 4.79. The van der Waals surface area contributed by atoms with Gasteiger partial charge in [0, 0.05) is 12.1 Å². The predicted octanol–water partition coefficient (Wildman–Crippen LogP) is 2.52. The number of ether oxygens (including phenoxy) is 1. The summed E-state index contributed by atoms with van der Waals surface area (Å²) in [4.78, 5) is 0. The number of hydrogen-bond acceptors (Lipinski definition) is 2. The Morgan fingerprint density at radius 3 is 2.25 bits per heavy atom. The minimum absolute atomic E-state index is 0.0630. The summed E-state index contributed by atoms with van der Waals surface area (Å²) in [6.45, 7) is 3.98. The van der Waals surface area contributed by atoms with Gasteiger partial charge in [-0.1, -0.05) is 26.2 Å². The number of unbranched alkanes of at least 4 members (excludes halogenated alkanes) is 3. The van der Waals surface area contributed by atoms with E-state index in [4.69, 9.17) is 4.74 Å². The minimum Gasteiger partial charge on any atom is -0.378 e. The molecule has 95 valence electrons. The molecule has 0 saturated carbocycles. The Bertz CT molecular complexity index is 148. The molecule has 0 spiro atoms. The van der Waals surface area contributed by atoms with E-state index in [1.807, 2.05) is 0 Å². The summed E-state index contributed by atoms with van der Waals surface area (Å²) in [5.41, 5.74) is 0. The van der Waals surface area contributed by atoms with E-state index in [2.05, 4.69) is 12.2 Å². The fourth-order valence-electron chi connectivity index (χ4n) is 2.25. The Morgan fingerprint density at radius 2 is 1.69 bits per heavy atom. The number of hydrogen-bond donors (Lipinski definition) is 1. The first-order valence-electron chi connectivity index (χ1n) is 6.78. The van der Waals surface area contributed by atoms with Crippen molar-refractivity contribution in [2.24, 2.45) is 0 Å². The first-order valence-corrected chi connectivity index (χ1v) is 6.78. The van der Waals surface area contributed by atoms with Crippen LogP contribution in [0.2, 0.25) is 0 Å². The molecular formula is C13H26NO2. The summed E-state index contributed by atoms with van der Waals surface area (Å²) in [6.07, 6.45) is 8.05. The highest BCUT2D eigenvalue weighted by atomic mass is 16.5. The van der Waals surface area contributed by atoms with Crippen LogP contribution in [-0.2, 0) is 9.84 Å². The van der Waals surface area contributed by atoms with E-state index in [9.17, 15) is 5.11 Å². The molecule has 2 unspecified atom stereocenters. The molecule has 2 atom stereocenters. The maximum Gasteiger partial charge on any atom is 0.0822 e. The van der Waals surface area contributed by atoms with Crippen molar-refractivity contribution in [3.05, 3.63) is 0 Å². The van der Waals surface area contributed by atoms with Crippen LogP contribution in [0.5, 0.6) is 0 Å². The van der Waals surface area contributed by atoms with Crippen molar-refractivity contribution in [1.82, 2.24) is 5.32 Å². The van der Waals surface area contributed by atoms with Gasteiger partial charge in [0.15, 0.2) is 0 Å². The molecule has 0 aromatic carbocycles. The van der Waals surface area contributed by atoms with Crippen molar-refractivity contribution in [2.75, 3.05) is 19.8 Å². The molecule has 1 N–H and O–H groups in total. The van der Waals surface area contributed by atoms with E-state index in [1.54, 1.807) is 0 Å². The SMILES string of the molecule is CCCCCC1COCC(CCCC[O])N1. The minimum atomic E-state index is 0.0630. The average Bonchev–Trinajstić information content (AvgIpc) is 2.30. The van der Waals surface area contributed by atoms with E-state index < -0.39 is 0 Å². The van der Waals surface area contributed by atoms with Gasteiger partial charge in [-0.3, -0.25) is 0 Å². The summed E-state index contributed by atoms with van der Waals surface area (Å²) >= 11 is 0. The van der Waals surface area contributed by atoms with E-state index in [0.29, 0.717) is 12.1 Å². The van der Waals surface area contributed by atoms with Crippen molar-refractivity contribution >= 4 is 0 Å². The van der Waals surface area contributed by atoms with Crippen LogP contribution in [0.15, 0.2) is 0 Å². The molecule has 0 aromatic rings. The molecule has 0 aliphatic carbocycles. The van der Waals surface area contributed by atoms with Gasteiger partial charge in [0.1, 0.15) is 0 Å². The van der Waals surface area contributed by atoms with Crippen LogP contribution in [0.1, 0.15) is 51.9 Å². The molecular weight excluding hydrogens is 202 g/mol. The molecule has 3 heteroatoms. The zero-order valence-electron chi connectivity index (χ0n) is 10.5. The molecule has 1 radical (unpaired) electrons. The smallest absolute Gasteiger partial charge is 0.0822 e. The zero-order valence-corrected chi connectivity index (χ0v) is 10.5. The molecule has 0 aromatic heterocycles. The summed E-state index contributed by atoms with van der Waals surface area (Å²) < 4.78 is 5.62. The second kappa shape index (κ2) is 8.97. The van der Waals surface area contributed by atoms with Gasteiger partial charge < -0.3 is 10.1 Å². The van der Waals surface area contributed by atoms with Gasteiger partial charge in [-0.2, -0.15) is 0 Å². The largest absolute Gasteiger partial charge is 0.378 e. The normalized spacial score (nSPS) is 25.9. The first kappa shape index (κ1) is 13.9. The van der Waals surface area contributed by atoms with Crippen molar-refractivity contribution in [3.8, 4) is 0 Å². The lowest BCUT2D eigenvalue weighted by atomic mass is 10.0. The fraction of sp³-hybridized carbons (Fsp3) is 1.00. The Hall–Kier alpha value is -0.120.